The average Bonchev–Trinajstić information content (AvgIpc) is 2.94. The summed E-state index contributed by atoms with van der Waals surface area (Å²) in [6.45, 7) is 8.13. The first kappa shape index (κ1) is 13.3. The average molecular weight is 282 g/mol. The molecule has 0 saturated carbocycles. The fraction of sp³-hybridized carbons (Fsp3) is 0.500. The van der Waals surface area contributed by atoms with E-state index >= 15 is 0 Å². The summed E-state index contributed by atoms with van der Waals surface area (Å²) in [6.07, 6.45) is 0. The van der Waals surface area contributed by atoms with E-state index in [0.717, 1.165) is 19.0 Å². The van der Waals surface area contributed by atoms with Crippen LogP contribution in [0.25, 0.3) is 0 Å². The Kier molecular flexibility index (Phi) is 4.19. The Balaban J connectivity index is 2.32. The van der Waals surface area contributed by atoms with E-state index in [1.807, 2.05) is 4.57 Å². The highest BCUT2D eigenvalue weighted by atomic mass is 32.1. The Morgan fingerprint density at radius 1 is 1.56 bits per heavy atom. The van der Waals surface area contributed by atoms with E-state index in [0.29, 0.717) is 10.8 Å². The molecule has 2 heterocycles. The first-order valence-electron chi connectivity index (χ1n) is 6.07. The Labute approximate surface area is 116 Å². The molecule has 98 valence electrons. The number of nitrogens with one attached hydrogen (secondary N) is 1. The summed E-state index contributed by atoms with van der Waals surface area (Å²) >= 11 is 7.02. The summed E-state index contributed by atoms with van der Waals surface area (Å²) in [5.41, 5.74) is 0. The first-order valence-corrected chi connectivity index (χ1v) is 7.36. The number of nitrogens with zero attached hydrogens (tertiary/aromatic N) is 3. The first-order chi connectivity index (χ1) is 8.63. The van der Waals surface area contributed by atoms with Gasteiger partial charge in [0.15, 0.2) is 4.77 Å². The molecule has 0 aliphatic heterocycles. The highest BCUT2D eigenvalue weighted by molar-refractivity contribution is 7.71. The minimum atomic E-state index is 0.377. The maximum Gasteiger partial charge on any atom is 0.226 e. The number of H-pyrrole nitrogens is 1. The lowest BCUT2D eigenvalue weighted by atomic mass is 10.3. The number of hydrogen-bond acceptors (Lipinski definition) is 4. The van der Waals surface area contributed by atoms with Crippen molar-refractivity contribution in [2.45, 2.75) is 39.9 Å². The van der Waals surface area contributed by atoms with E-state index < -0.39 is 0 Å². The number of anilines is 1. The second-order valence-corrected chi connectivity index (χ2v) is 5.79. The third-order valence-electron chi connectivity index (χ3n) is 2.84. The van der Waals surface area contributed by atoms with Crippen LogP contribution in [-0.4, -0.2) is 20.8 Å². The Hall–Kier alpha value is -1.14. The lowest BCUT2D eigenvalue weighted by Gasteiger charge is -2.27. The van der Waals surface area contributed by atoms with E-state index in [1.54, 1.807) is 11.3 Å². The van der Waals surface area contributed by atoms with E-state index in [1.165, 1.54) is 4.88 Å². The molecule has 2 aromatic heterocycles. The second kappa shape index (κ2) is 5.67. The monoisotopic (exact) mass is 282 g/mol. The smallest absolute Gasteiger partial charge is 0.226 e. The van der Waals surface area contributed by atoms with Gasteiger partial charge in [0.1, 0.15) is 0 Å². The molecular weight excluding hydrogens is 264 g/mol. The van der Waals surface area contributed by atoms with E-state index in [2.05, 4.69) is 53.4 Å². The summed E-state index contributed by atoms with van der Waals surface area (Å²) in [5.74, 6) is 0.922. The maximum absolute atomic E-state index is 5.25. The molecule has 0 aromatic carbocycles. The molecule has 0 spiro atoms. The largest absolute Gasteiger partial charge is 0.333 e. The van der Waals surface area contributed by atoms with Gasteiger partial charge in [0, 0.05) is 17.5 Å². The zero-order chi connectivity index (χ0) is 13.1. The topological polar surface area (TPSA) is 36.9 Å². The number of rotatable bonds is 5. The molecule has 2 aromatic rings. The van der Waals surface area contributed by atoms with E-state index in [4.69, 9.17) is 12.2 Å². The summed E-state index contributed by atoms with van der Waals surface area (Å²) in [6, 6.07) is 4.61. The SMILES string of the molecule is CCn1c(N(Cc2cccs2)C(C)C)n[nH]c1=S. The van der Waals surface area contributed by atoms with Crippen LogP contribution < -0.4 is 4.90 Å². The van der Waals surface area contributed by atoms with E-state index in [-0.39, 0.29) is 0 Å². The van der Waals surface area contributed by atoms with Crippen molar-refractivity contribution in [2.75, 3.05) is 4.90 Å². The van der Waals surface area contributed by atoms with E-state index in [9.17, 15) is 0 Å². The standard InChI is InChI=1S/C12H18N4S2/c1-4-15-11(13-14-12(15)17)16(9(2)3)8-10-6-5-7-18-10/h5-7,9H,4,8H2,1-3H3,(H,14,17). The van der Waals surface area contributed by atoms with Gasteiger partial charge >= 0.3 is 0 Å². The van der Waals surface area contributed by atoms with Crippen LogP contribution in [0.15, 0.2) is 17.5 Å². The highest BCUT2D eigenvalue weighted by Crippen LogP contribution is 2.20. The highest BCUT2D eigenvalue weighted by Gasteiger charge is 2.17. The molecule has 6 heteroatoms. The quantitative estimate of drug-likeness (QED) is 0.854. The summed E-state index contributed by atoms with van der Waals surface area (Å²) in [5, 5.41) is 9.35. The fourth-order valence-corrected chi connectivity index (χ4v) is 2.83. The molecule has 0 aliphatic rings. The number of aromatic nitrogens is 3. The van der Waals surface area contributed by atoms with Gasteiger partial charge in [0.05, 0.1) is 6.54 Å². The Bertz CT molecular complexity index is 539. The van der Waals surface area contributed by atoms with Gasteiger partial charge in [-0.2, -0.15) is 0 Å². The lowest BCUT2D eigenvalue weighted by Crippen LogP contribution is -2.32. The second-order valence-electron chi connectivity index (χ2n) is 4.37. The molecule has 0 aliphatic carbocycles. The van der Waals surface area contributed by atoms with Crippen molar-refractivity contribution in [3.8, 4) is 0 Å². The van der Waals surface area contributed by atoms with Gasteiger partial charge < -0.3 is 4.90 Å². The molecular formula is C12H18N4S2. The Morgan fingerprint density at radius 3 is 2.89 bits per heavy atom. The van der Waals surface area contributed by atoms with Crippen LogP contribution in [-0.2, 0) is 13.1 Å². The van der Waals surface area contributed by atoms with Crippen molar-refractivity contribution < 1.29 is 0 Å². The van der Waals surface area contributed by atoms with Crippen LogP contribution in [0.1, 0.15) is 25.6 Å². The van der Waals surface area contributed by atoms with Crippen LogP contribution in [0.5, 0.6) is 0 Å². The third kappa shape index (κ3) is 2.64. The third-order valence-corrected chi connectivity index (χ3v) is 4.01. The van der Waals surface area contributed by atoms with Crippen LogP contribution in [0.2, 0.25) is 0 Å². The molecule has 0 saturated heterocycles. The van der Waals surface area contributed by atoms with Crippen molar-refractivity contribution in [3.05, 3.63) is 27.2 Å². The summed E-state index contributed by atoms with van der Waals surface area (Å²) in [7, 11) is 0. The van der Waals surface area contributed by atoms with Gasteiger partial charge in [-0.3, -0.25) is 4.57 Å². The normalized spacial score (nSPS) is 11.1. The van der Waals surface area contributed by atoms with Crippen molar-refractivity contribution in [1.29, 1.82) is 0 Å². The summed E-state index contributed by atoms with van der Waals surface area (Å²) in [4.78, 5) is 3.60. The number of hydrogen-bond donors (Lipinski definition) is 1. The van der Waals surface area contributed by atoms with Gasteiger partial charge in [-0.1, -0.05) is 6.07 Å². The van der Waals surface area contributed by atoms with Gasteiger partial charge in [0.2, 0.25) is 5.95 Å². The molecule has 0 amide bonds. The maximum atomic E-state index is 5.25. The predicted octanol–water partition coefficient (Wildman–Crippen LogP) is 3.44. The van der Waals surface area contributed by atoms with Crippen LogP contribution in [0.3, 0.4) is 0 Å². The fourth-order valence-electron chi connectivity index (χ4n) is 1.87. The van der Waals surface area contributed by atoms with Crippen molar-refractivity contribution in [1.82, 2.24) is 14.8 Å². The van der Waals surface area contributed by atoms with Crippen molar-refractivity contribution in [3.63, 3.8) is 0 Å². The van der Waals surface area contributed by atoms with Gasteiger partial charge in [-0.25, -0.2) is 5.10 Å². The lowest BCUT2D eigenvalue weighted by molar-refractivity contribution is 0.627. The number of aromatic amines is 1. The van der Waals surface area contributed by atoms with Gasteiger partial charge in [-0.05, 0) is 44.4 Å². The number of thiophene rings is 1. The molecule has 0 bridgehead atoms. The van der Waals surface area contributed by atoms with Crippen LogP contribution in [0.4, 0.5) is 5.95 Å². The van der Waals surface area contributed by atoms with Gasteiger partial charge in [-0.15, -0.1) is 16.4 Å². The minimum absolute atomic E-state index is 0.377. The van der Waals surface area contributed by atoms with Crippen LogP contribution in [0, 0.1) is 4.77 Å². The van der Waals surface area contributed by atoms with Crippen molar-refractivity contribution >= 4 is 29.5 Å². The molecule has 1 N–H and O–H groups in total. The zero-order valence-corrected chi connectivity index (χ0v) is 12.5. The molecule has 2 rings (SSSR count). The van der Waals surface area contributed by atoms with Gasteiger partial charge in [0.25, 0.3) is 0 Å². The molecule has 0 fully saturated rings. The molecule has 18 heavy (non-hydrogen) atoms. The molecule has 0 unspecified atom stereocenters. The van der Waals surface area contributed by atoms with Crippen LogP contribution >= 0.6 is 23.6 Å². The Morgan fingerprint density at radius 2 is 2.33 bits per heavy atom. The van der Waals surface area contributed by atoms with Crippen molar-refractivity contribution in [2.24, 2.45) is 0 Å². The zero-order valence-electron chi connectivity index (χ0n) is 10.9. The summed E-state index contributed by atoms with van der Waals surface area (Å²) < 4.78 is 2.72. The molecule has 0 atom stereocenters. The molecule has 0 radical (unpaired) electrons. The predicted molar refractivity (Wildman–Crippen MR) is 78.7 cm³/mol. The minimum Gasteiger partial charge on any atom is -0.333 e. The molecule has 4 nitrogen and oxygen atoms in total.